The average molecular weight is 899 g/mol. The first-order valence-corrected chi connectivity index (χ1v) is 23.1. The zero-order valence-electron chi connectivity index (χ0n) is 37.6. The van der Waals surface area contributed by atoms with Crippen molar-refractivity contribution in [3.05, 3.63) is 213 Å². The molecule has 6 aromatic carbocycles. The van der Waals surface area contributed by atoms with Gasteiger partial charge in [-0.2, -0.15) is 0 Å². The van der Waals surface area contributed by atoms with Crippen LogP contribution in [0.3, 0.4) is 0 Å². The number of ether oxygens (including phenoxy) is 2. The molecule has 4 N–H and O–H groups in total. The van der Waals surface area contributed by atoms with Gasteiger partial charge in [0.15, 0.2) is 0 Å². The minimum atomic E-state index is -0.889. The summed E-state index contributed by atoms with van der Waals surface area (Å²) in [4.78, 5) is 46.9. The summed E-state index contributed by atoms with van der Waals surface area (Å²) >= 11 is 0. The molecule has 11 nitrogen and oxygen atoms in total. The third-order valence-corrected chi connectivity index (χ3v) is 12.4. The van der Waals surface area contributed by atoms with Crippen LogP contribution < -0.4 is 15.6 Å². The molecule has 1 aliphatic rings. The third kappa shape index (κ3) is 12.6. The van der Waals surface area contributed by atoms with Crippen LogP contribution in [0.4, 0.5) is 0 Å². The van der Waals surface area contributed by atoms with Crippen LogP contribution in [0, 0.1) is 5.92 Å². The van der Waals surface area contributed by atoms with E-state index in [1.807, 2.05) is 120 Å². The molecule has 0 bridgehead atoms. The maximum absolute atomic E-state index is 14.2. The molecule has 344 valence electrons. The van der Waals surface area contributed by atoms with Crippen molar-refractivity contribution in [3.8, 4) is 11.5 Å². The molecule has 1 saturated heterocycles. The highest BCUT2D eigenvalue weighted by Gasteiger charge is 2.27. The Balaban J connectivity index is 0.872. The quantitative estimate of drug-likeness (QED) is 0.0436. The minimum absolute atomic E-state index is 0.0622. The molecule has 7 aromatic rings. The Morgan fingerprint density at radius 2 is 1.45 bits per heavy atom. The number of fused-ring (bicyclic) bond motifs is 1. The van der Waals surface area contributed by atoms with Crippen molar-refractivity contribution >= 4 is 22.8 Å². The van der Waals surface area contributed by atoms with Gasteiger partial charge in [-0.05, 0) is 115 Å². The number of phenolic OH excluding ortho intramolecular Hbond substituents is 1. The van der Waals surface area contributed by atoms with Crippen LogP contribution in [0.15, 0.2) is 169 Å². The van der Waals surface area contributed by atoms with Crippen molar-refractivity contribution in [1.82, 2.24) is 20.1 Å². The number of aromatic amines is 1. The van der Waals surface area contributed by atoms with Crippen molar-refractivity contribution in [2.75, 3.05) is 39.3 Å². The van der Waals surface area contributed by atoms with Crippen molar-refractivity contribution in [1.29, 1.82) is 0 Å². The first kappa shape index (κ1) is 46.5. The lowest BCUT2D eigenvalue weighted by molar-refractivity contribution is -0.146. The summed E-state index contributed by atoms with van der Waals surface area (Å²) in [7, 11) is 0. The Kier molecular flexibility index (Phi) is 15.9. The molecular weight excluding hydrogens is 841 g/mol. The molecule has 8 rings (SSSR count). The number of likely N-dealkylation sites (tertiary alicyclic amines) is 1. The molecule has 1 fully saturated rings. The van der Waals surface area contributed by atoms with Crippen molar-refractivity contribution in [2.45, 2.75) is 51.0 Å². The van der Waals surface area contributed by atoms with Gasteiger partial charge in [0.25, 0.3) is 5.91 Å². The number of carbonyl (C=O) groups is 2. The minimum Gasteiger partial charge on any atom is -0.506 e. The molecule has 1 aromatic heterocycles. The van der Waals surface area contributed by atoms with E-state index in [1.54, 1.807) is 12.1 Å². The zero-order chi connectivity index (χ0) is 46.4. The highest BCUT2D eigenvalue weighted by molar-refractivity contribution is 5.94. The number of carbonyl (C=O) groups excluding carboxylic acids is 2. The second kappa shape index (κ2) is 22.9. The van der Waals surface area contributed by atoms with Gasteiger partial charge in [0.1, 0.15) is 24.0 Å². The van der Waals surface area contributed by atoms with Gasteiger partial charge in [0.05, 0.1) is 18.2 Å². The van der Waals surface area contributed by atoms with E-state index in [-0.39, 0.29) is 41.9 Å². The zero-order valence-corrected chi connectivity index (χ0v) is 37.6. The number of H-pyrrole nitrogens is 1. The molecule has 0 saturated carbocycles. The number of phenols is 1. The lowest BCUT2D eigenvalue weighted by Crippen LogP contribution is -2.35. The molecule has 11 heteroatoms. The van der Waals surface area contributed by atoms with E-state index >= 15 is 0 Å². The predicted octanol–water partition coefficient (Wildman–Crippen LogP) is 8.76. The number of pyridine rings is 1. The van der Waals surface area contributed by atoms with Gasteiger partial charge in [0.2, 0.25) is 5.56 Å². The maximum atomic E-state index is 14.2. The fourth-order valence-corrected chi connectivity index (χ4v) is 8.82. The third-order valence-electron chi connectivity index (χ3n) is 12.4. The topological polar surface area (TPSA) is 144 Å². The van der Waals surface area contributed by atoms with E-state index in [1.165, 1.54) is 17.7 Å². The van der Waals surface area contributed by atoms with Crippen LogP contribution in [-0.2, 0) is 29.2 Å². The summed E-state index contributed by atoms with van der Waals surface area (Å²) in [5, 5.41) is 25.2. The fraction of sp³-hybridized carbons (Fsp3) is 0.268. The van der Waals surface area contributed by atoms with Crippen LogP contribution >= 0.6 is 0 Å². The number of aliphatic hydroxyl groups is 1. The van der Waals surface area contributed by atoms with Crippen molar-refractivity contribution in [3.63, 3.8) is 0 Å². The number of aromatic hydroxyl groups is 1. The van der Waals surface area contributed by atoms with Crippen LogP contribution in [-0.4, -0.2) is 76.2 Å². The number of hydrogen-bond donors (Lipinski definition) is 4. The number of esters is 1. The van der Waals surface area contributed by atoms with E-state index in [0.717, 1.165) is 54.7 Å². The van der Waals surface area contributed by atoms with Gasteiger partial charge < -0.3 is 34.9 Å². The number of amides is 1. The standard InChI is InChI=1S/C56H58N4O7/c61-50-25-23-48(49-24-26-52(63)58-54(49)50)51(62)35-57-29-12-30-60(37-41-15-6-2-7-16-41)55(64)46-21-10-17-43(33-46)39-66-47-22-11-20-45(34-47)53(44-18-8-3-9-19-44)56(65)67-38-42-27-31-59(32-28-42)36-40-13-4-1-5-14-40/h1-11,13-26,33-34,42,51,53,57,61-62H,12,27-32,35-39H2,(H,58,63). The number of benzene rings is 6. The Bertz CT molecular complexity index is 2760. The predicted molar refractivity (Wildman–Crippen MR) is 261 cm³/mol. The van der Waals surface area contributed by atoms with E-state index in [9.17, 15) is 24.6 Å². The number of aromatic nitrogens is 1. The number of nitrogens with one attached hydrogen (secondary N) is 2. The molecular formula is C56H58N4O7. The highest BCUT2D eigenvalue weighted by atomic mass is 16.5. The van der Waals surface area contributed by atoms with Crippen molar-refractivity contribution < 1.29 is 29.3 Å². The average Bonchev–Trinajstić information content (AvgIpc) is 3.36. The summed E-state index contributed by atoms with van der Waals surface area (Å²) in [6.45, 7) is 5.15. The normalized spacial score (nSPS) is 14.0. The van der Waals surface area contributed by atoms with Crippen LogP contribution in [0.1, 0.15) is 75.0 Å². The summed E-state index contributed by atoms with van der Waals surface area (Å²) in [5.41, 5.74) is 5.85. The molecule has 67 heavy (non-hydrogen) atoms. The van der Waals surface area contributed by atoms with Gasteiger partial charge >= 0.3 is 5.97 Å². The van der Waals surface area contributed by atoms with E-state index < -0.39 is 12.0 Å². The Hall–Kier alpha value is -7.05. The van der Waals surface area contributed by atoms with Gasteiger partial charge in [-0.25, -0.2) is 0 Å². The molecule has 2 atom stereocenters. The Morgan fingerprint density at radius 3 is 2.21 bits per heavy atom. The van der Waals surface area contributed by atoms with Gasteiger partial charge in [0, 0.05) is 43.2 Å². The number of nitrogens with zero attached hydrogens (tertiary/aromatic N) is 2. The second-order valence-corrected chi connectivity index (χ2v) is 17.3. The number of hydrogen-bond acceptors (Lipinski definition) is 9. The SMILES string of the molecule is O=C(OCC1CCN(Cc2ccccc2)CC1)C(c1ccccc1)c1cccc(OCc2cccc(C(=O)N(CCCNCC(O)c3ccc(O)c4[nH]c(=O)ccc34)Cc3ccccc3)c2)c1. The first-order chi connectivity index (χ1) is 32.8. The van der Waals surface area contributed by atoms with Gasteiger partial charge in [-0.15, -0.1) is 0 Å². The largest absolute Gasteiger partial charge is 0.506 e. The molecule has 1 amide bonds. The summed E-state index contributed by atoms with van der Waals surface area (Å²) < 4.78 is 12.4. The molecule has 2 unspecified atom stereocenters. The first-order valence-electron chi connectivity index (χ1n) is 23.1. The molecule has 0 aliphatic carbocycles. The van der Waals surface area contributed by atoms with E-state index in [0.29, 0.717) is 60.8 Å². The summed E-state index contributed by atoms with van der Waals surface area (Å²) in [6, 6.07) is 51.3. The summed E-state index contributed by atoms with van der Waals surface area (Å²) in [5.74, 6) is -0.157. The van der Waals surface area contributed by atoms with Gasteiger partial charge in [-0.3, -0.25) is 19.3 Å². The molecule has 2 heterocycles. The molecule has 0 radical (unpaired) electrons. The highest BCUT2D eigenvalue weighted by Crippen LogP contribution is 2.31. The summed E-state index contributed by atoms with van der Waals surface area (Å²) in [6.07, 6.45) is 1.70. The number of piperidine rings is 1. The fourth-order valence-electron chi connectivity index (χ4n) is 8.82. The van der Waals surface area contributed by atoms with E-state index in [4.69, 9.17) is 9.47 Å². The number of rotatable bonds is 20. The van der Waals surface area contributed by atoms with Crippen LogP contribution in [0.2, 0.25) is 0 Å². The Labute approximate surface area is 391 Å². The monoisotopic (exact) mass is 898 g/mol. The van der Waals surface area contributed by atoms with Crippen LogP contribution in [0.25, 0.3) is 10.9 Å². The second-order valence-electron chi connectivity index (χ2n) is 17.3. The van der Waals surface area contributed by atoms with Crippen molar-refractivity contribution in [2.24, 2.45) is 5.92 Å². The Morgan fingerprint density at radius 1 is 0.761 bits per heavy atom. The van der Waals surface area contributed by atoms with Crippen LogP contribution in [0.5, 0.6) is 11.5 Å². The smallest absolute Gasteiger partial charge is 0.317 e. The van der Waals surface area contributed by atoms with E-state index in [2.05, 4.69) is 39.5 Å². The van der Waals surface area contributed by atoms with Gasteiger partial charge in [-0.1, -0.05) is 121 Å². The number of aliphatic hydroxyl groups excluding tert-OH is 1. The molecule has 0 spiro atoms. The lowest BCUT2D eigenvalue weighted by atomic mass is 9.91. The maximum Gasteiger partial charge on any atom is 0.317 e. The molecule has 1 aliphatic heterocycles. The lowest BCUT2D eigenvalue weighted by Gasteiger charge is -2.32.